The number of carbonyl (C=O) groups is 2. The van der Waals surface area contributed by atoms with Crippen molar-refractivity contribution in [2.24, 2.45) is 0 Å². The maximum atomic E-state index is 12.2. The fourth-order valence-corrected chi connectivity index (χ4v) is 3.10. The summed E-state index contributed by atoms with van der Waals surface area (Å²) in [5, 5.41) is 5.48. The molecule has 3 rings (SSSR count). The van der Waals surface area contributed by atoms with Crippen LogP contribution in [0.15, 0.2) is 65.3 Å². The minimum absolute atomic E-state index is 0.159. The number of benzene rings is 1. The van der Waals surface area contributed by atoms with Crippen molar-refractivity contribution in [3.63, 3.8) is 0 Å². The maximum Gasteiger partial charge on any atom is 0.315 e. The Bertz CT molecular complexity index is 844. The van der Waals surface area contributed by atoms with E-state index in [1.807, 2.05) is 36.4 Å². The van der Waals surface area contributed by atoms with Gasteiger partial charge in [0, 0.05) is 4.88 Å². The second-order valence-corrected chi connectivity index (χ2v) is 6.51. The SMILES string of the molecule is O=C(NCCOc1ccccc1)NCc1ccc(C(=O)c2ccco2)s1. The minimum atomic E-state index is -0.283. The van der Waals surface area contributed by atoms with Gasteiger partial charge < -0.3 is 19.8 Å². The highest BCUT2D eigenvalue weighted by Crippen LogP contribution is 2.20. The fraction of sp³-hybridized carbons (Fsp3) is 0.158. The number of rotatable bonds is 8. The highest BCUT2D eigenvalue weighted by atomic mass is 32.1. The first-order valence-corrected chi connectivity index (χ1v) is 8.90. The summed E-state index contributed by atoms with van der Waals surface area (Å²) in [5.41, 5.74) is 0. The molecule has 0 saturated heterocycles. The number of nitrogens with one attached hydrogen (secondary N) is 2. The monoisotopic (exact) mass is 370 g/mol. The molecule has 7 heteroatoms. The Morgan fingerprint density at radius 3 is 2.62 bits per heavy atom. The molecule has 26 heavy (non-hydrogen) atoms. The van der Waals surface area contributed by atoms with E-state index in [2.05, 4.69) is 10.6 Å². The lowest BCUT2D eigenvalue weighted by Gasteiger charge is -2.08. The average Bonchev–Trinajstić information content (AvgIpc) is 3.36. The first-order valence-electron chi connectivity index (χ1n) is 8.09. The molecular weight excluding hydrogens is 352 g/mol. The number of thiophene rings is 1. The van der Waals surface area contributed by atoms with E-state index in [1.54, 1.807) is 18.2 Å². The second-order valence-electron chi connectivity index (χ2n) is 5.34. The van der Waals surface area contributed by atoms with Crippen LogP contribution in [0.25, 0.3) is 0 Å². The molecule has 0 spiro atoms. The van der Waals surface area contributed by atoms with Gasteiger partial charge in [0.2, 0.25) is 5.78 Å². The summed E-state index contributed by atoms with van der Waals surface area (Å²) in [6.45, 7) is 1.13. The number of ketones is 1. The quantitative estimate of drug-likeness (QED) is 0.470. The number of hydrogen-bond acceptors (Lipinski definition) is 5. The predicted octanol–water partition coefficient (Wildman–Crippen LogP) is 3.45. The Kier molecular flexibility index (Phi) is 6.05. The van der Waals surface area contributed by atoms with Crippen LogP contribution < -0.4 is 15.4 Å². The van der Waals surface area contributed by atoms with Gasteiger partial charge in [0.1, 0.15) is 12.4 Å². The van der Waals surface area contributed by atoms with Gasteiger partial charge in [-0.3, -0.25) is 4.79 Å². The Morgan fingerprint density at radius 1 is 1.00 bits per heavy atom. The first kappa shape index (κ1) is 17.8. The fourth-order valence-electron chi connectivity index (χ4n) is 2.20. The zero-order valence-electron chi connectivity index (χ0n) is 13.9. The number of hydrogen-bond donors (Lipinski definition) is 2. The third kappa shape index (κ3) is 4.97. The van der Waals surface area contributed by atoms with Crippen molar-refractivity contribution < 1.29 is 18.7 Å². The zero-order valence-corrected chi connectivity index (χ0v) is 14.8. The van der Waals surface area contributed by atoms with E-state index in [-0.39, 0.29) is 11.8 Å². The lowest BCUT2D eigenvalue weighted by molar-refractivity contribution is 0.101. The Morgan fingerprint density at radius 2 is 1.85 bits per heavy atom. The Labute approximate surface area is 154 Å². The molecule has 134 valence electrons. The summed E-state index contributed by atoms with van der Waals surface area (Å²) in [6, 6.07) is 16.0. The van der Waals surface area contributed by atoms with Crippen LogP contribution in [-0.4, -0.2) is 25.0 Å². The van der Waals surface area contributed by atoms with Crippen LogP contribution in [0.1, 0.15) is 20.3 Å². The number of carbonyl (C=O) groups excluding carboxylic acids is 2. The van der Waals surface area contributed by atoms with Crippen molar-refractivity contribution in [3.05, 3.63) is 76.4 Å². The number of urea groups is 1. The molecule has 0 aliphatic heterocycles. The van der Waals surface area contributed by atoms with Gasteiger partial charge in [-0.1, -0.05) is 18.2 Å². The molecule has 2 heterocycles. The number of amides is 2. The van der Waals surface area contributed by atoms with E-state index in [0.29, 0.717) is 30.3 Å². The van der Waals surface area contributed by atoms with E-state index >= 15 is 0 Å². The molecule has 3 aromatic rings. The topological polar surface area (TPSA) is 80.6 Å². The van der Waals surface area contributed by atoms with Gasteiger partial charge in [0.15, 0.2) is 5.76 Å². The summed E-state index contributed by atoms with van der Waals surface area (Å²) in [4.78, 5) is 25.4. The summed E-state index contributed by atoms with van der Waals surface area (Å²) >= 11 is 1.33. The van der Waals surface area contributed by atoms with Gasteiger partial charge in [-0.15, -0.1) is 11.3 Å². The summed E-state index contributed by atoms with van der Waals surface area (Å²) in [5.74, 6) is 0.915. The van der Waals surface area contributed by atoms with Crippen molar-refractivity contribution in [2.45, 2.75) is 6.54 Å². The van der Waals surface area contributed by atoms with Gasteiger partial charge in [-0.05, 0) is 36.4 Å². The minimum Gasteiger partial charge on any atom is -0.492 e. The maximum absolute atomic E-state index is 12.2. The van der Waals surface area contributed by atoms with E-state index in [9.17, 15) is 9.59 Å². The van der Waals surface area contributed by atoms with E-state index < -0.39 is 0 Å². The molecule has 2 N–H and O–H groups in total. The molecular formula is C19H18N2O4S. The van der Waals surface area contributed by atoms with Gasteiger partial charge in [-0.2, -0.15) is 0 Å². The molecule has 0 aliphatic carbocycles. The van der Waals surface area contributed by atoms with Crippen molar-refractivity contribution in [2.75, 3.05) is 13.2 Å². The molecule has 1 aromatic carbocycles. The standard InChI is InChI=1S/C19H18N2O4S/c22-18(16-7-4-11-25-16)17-9-8-15(26-17)13-21-19(23)20-10-12-24-14-5-2-1-3-6-14/h1-9,11H,10,12-13H2,(H2,20,21,23). The van der Waals surface area contributed by atoms with Gasteiger partial charge in [0.25, 0.3) is 0 Å². The third-order valence-electron chi connectivity index (χ3n) is 3.45. The molecule has 0 unspecified atom stereocenters. The van der Waals surface area contributed by atoms with Crippen molar-refractivity contribution in [3.8, 4) is 5.75 Å². The van der Waals surface area contributed by atoms with Crippen LogP contribution in [0.2, 0.25) is 0 Å². The third-order valence-corrected chi connectivity index (χ3v) is 4.54. The van der Waals surface area contributed by atoms with Gasteiger partial charge in [-0.25, -0.2) is 4.79 Å². The summed E-state index contributed by atoms with van der Waals surface area (Å²) in [6.07, 6.45) is 1.47. The molecule has 0 bridgehead atoms. The number of ether oxygens (including phenoxy) is 1. The summed E-state index contributed by atoms with van der Waals surface area (Å²) < 4.78 is 10.6. The smallest absolute Gasteiger partial charge is 0.315 e. The zero-order chi connectivity index (χ0) is 18.2. The largest absolute Gasteiger partial charge is 0.492 e. The highest BCUT2D eigenvalue weighted by molar-refractivity contribution is 7.14. The van der Waals surface area contributed by atoms with Gasteiger partial charge >= 0.3 is 6.03 Å². The van der Waals surface area contributed by atoms with Crippen molar-refractivity contribution in [1.82, 2.24) is 10.6 Å². The average molecular weight is 370 g/mol. The van der Waals surface area contributed by atoms with Crippen molar-refractivity contribution in [1.29, 1.82) is 0 Å². The number of furan rings is 1. The lowest BCUT2D eigenvalue weighted by atomic mass is 10.2. The molecule has 2 aromatic heterocycles. The summed E-state index contributed by atoms with van der Waals surface area (Å²) in [7, 11) is 0. The molecule has 0 atom stereocenters. The molecule has 0 radical (unpaired) electrons. The number of para-hydroxylation sites is 1. The molecule has 0 aliphatic rings. The van der Waals surface area contributed by atoms with Gasteiger partial charge in [0.05, 0.1) is 24.2 Å². The molecule has 0 saturated carbocycles. The van der Waals surface area contributed by atoms with Crippen LogP contribution >= 0.6 is 11.3 Å². The second kappa shape index (κ2) is 8.87. The normalized spacial score (nSPS) is 10.3. The Hall–Kier alpha value is -3.06. The molecule has 0 fully saturated rings. The van der Waals surface area contributed by atoms with Crippen LogP contribution in [-0.2, 0) is 6.54 Å². The predicted molar refractivity (Wildman–Crippen MR) is 98.6 cm³/mol. The van der Waals surface area contributed by atoms with Crippen LogP contribution in [0.3, 0.4) is 0 Å². The van der Waals surface area contributed by atoms with E-state index in [1.165, 1.54) is 17.6 Å². The molecule has 2 amide bonds. The van der Waals surface area contributed by atoms with E-state index in [4.69, 9.17) is 9.15 Å². The lowest BCUT2D eigenvalue weighted by Crippen LogP contribution is -2.37. The Balaban J connectivity index is 1.37. The van der Waals surface area contributed by atoms with Crippen LogP contribution in [0.4, 0.5) is 4.79 Å². The van der Waals surface area contributed by atoms with Crippen LogP contribution in [0, 0.1) is 0 Å². The van der Waals surface area contributed by atoms with Crippen molar-refractivity contribution >= 4 is 23.2 Å². The molecule has 6 nitrogen and oxygen atoms in total. The highest BCUT2D eigenvalue weighted by Gasteiger charge is 2.14. The van der Waals surface area contributed by atoms with E-state index in [0.717, 1.165) is 10.6 Å². The van der Waals surface area contributed by atoms with Crippen LogP contribution in [0.5, 0.6) is 5.75 Å². The first-order chi connectivity index (χ1) is 12.7.